The molecule has 0 saturated carbocycles. The molecule has 38 heavy (non-hydrogen) atoms. The van der Waals surface area contributed by atoms with Crippen molar-refractivity contribution in [1.82, 2.24) is 14.9 Å². The van der Waals surface area contributed by atoms with Crippen LogP contribution in [0.25, 0.3) is 10.9 Å². The molecular formula is C28H35FN4O4S. The highest BCUT2D eigenvalue weighted by Gasteiger charge is 2.29. The van der Waals surface area contributed by atoms with Gasteiger partial charge in [-0.05, 0) is 64.3 Å². The molecule has 1 aliphatic heterocycles. The minimum absolute atomic E-state index is 0.289. The van der Waals surface area contributed by atoms with E-state index in [0.717, 1.165) is 35.0 Å². The molecule has 0 aliphatic carbocycles. The van der Waals surface area contributed by atoms with Gasteiger partial charge in [0.2, 0.25) is 0 Å². The summed E-state index contributed by atoms with van der Waals surface area (Å²) in [5.74, 6) is 0.0232. The molecule has 1 aliphatic rings. The maximum absolute atomic E-state index is 14.3. The number of ether oxygens (including phenoxy) is 2. The van der Waals surface area contributed by atoms with E-state index in [1.807, 2.05) is 33.8 Å². The molecule has 0 unspecified atom stereocenters. The van der Waals surface area contributed by atoms with Crippen molar-refractivity contribution in [2.75, 3.05) is 25.6 Å². The van der Waals surface area contributed by atoms with Crippen molar-refractivity contribution < 1.29 is 22.9 Å². The number of aryl methyl sites for hydroxylation is 1. The molecule has 204 valence electrons. The maximum atomic E-state index is 14.3. The fourth-order valence-corrected chi connectivity index (χ4v) is 5.18. The van der Waals surface area contributed by atoms with Crippen LogP contribution in [0.15, 0.2) is 41.0 Å². The average Bonchev–Trinajstić information content (AvgIpc) is 2.78. The summed E-state index contributed by atoms with van der Waals surface area (Å²) in [6, 6.07) is 8.17. The molecule has 0 bridgehead atoms. The lowest BCUT2D eigenvalue weighted by Crippen LogP contribution is -2.46. The fraction of sp³-hybridized carbons (Fsp3) is 0.464. The SMILES string of the molecule is Cc1cc(N=S(C)(C)=O)cc2ncnc(Cc3ccc(F)cc3O[C@@H]3CCCN(C(=O)OC(C)(C)C)C3)c12. The normalized spacial score (nSPS) is 16.4. The van der Waals surface area contributed by atoms with Crippen LogP contribution in [0.3, 0.4) is 0 Å². The minimum Gasteiger partial charge on any atom is -0.488 e. The van der Waals surface area contributed by atoms with E-state index < -0.39 is 21.1 Å². The third-order valence-corrected chi connectivity index (χ3v) is 6.68. The number of fused-ring (bicyclic) bond motifs is 1. The molecule has 8 nitrogen and oxygen atoms in total. The van der Waals surface area contributed by atoms with Crippen LogP contribution in [0, 0.1) is 12.7 Å². The van der Waals surface area contributed by atoms with E-state index in [2.05, 4.69) is 14.3 Å². The summed E-state index contributed by atoms with van der Waals surface area (Å²) in [4.78, 5) is 23.2. The average molecular weight is 543 g/mol. The standard InChI is InChI=1S/C28H35FN4O4S/c1-18-12-21(32-38(5,6)35)15-24-26(18)23(30-17-31-24)13-19-9-10-20(29)14-25(19)36-22-8-7-11-33(16-22)27(34)37-28(2,3)4/h9-10,12,14-15,17,22H,7-8,11,13,16H2,1-6H3/t22-/m1/s1. The van der Waals surface area contributed by atoms with Crippen molar-refractivity contribution in [3.05, 3.63) is 59.3 Å². The number of nitrogens with zero attached hydrogens (tertiary/aromatic N) is 4. The summed E-state index contributed by atoms with van der Waals surface area (Å²) >= 11 is 0. The number of carbonyl (C=O) groups is 1. The zero-order valence-electron chi connectivity index (χ0n) is 22.8. The number of piperidine rings is 1. The lowest BCUT2D eigenvalue weighted by Gasteiger charge is -2.34. The van der Waals surface area contributed by atoms with Gasteiger partial charge in [-0.2, -0.15) is 4.36 Å². The Hall–Kier alpha value is -3.27. The zero-order valence-corrected chi connectivity index (χ0v) is 23.6. The Morgan fingerprint density at radius 3 is 2.68 bits per heavy atom. The number of benzene rings is 2. The summed E-state index contributed by atoms with van der Waals surface area (Å²) < 4.78 is 42.6. The second-order valence-corrected chi connectivity index (χ2v) is 13.5. The van der Waals surface area contributed by atoms with Gasteiger partial charge in [0.1, 0.15) is 29.6 Å². The molecule has 2 aromatic carbocycles. The zero-order chi connectivity index (χ0) is 27.7. The molecule has 1 atom stereocenters. The van der Waals surface area contributed by atoms with Gasteiger partial charge in [-0.25, -0.2) is 23.4 Å². The van der Waals surface area contributed by atoms with Crippen LogP contribution in [0.1, 0.15) is 50.4 Å². The highest BCUT2D eigenvalue weighted by molar-refractivity contribution is 7.92. The van der Waals surface area contributed by atoms with E-state index in [1.165, 1.54) is 18.5 Å². The molecule has 0 N–H and O–H groups in total. The van der Waals surface area contributed by atoms with Gasteiger partial charge < -0.3 is 14.4 Å². The summed E-state index contributed by atoms with van der Waals surface area (Å²) in [6.45, 7) is 8.41. The van der Waals surface area contributed by atoms with Gasteiger partial charge in [-0.1, -0.05) is 6.07 Å². The van der Waals surface area contributed by atoms with Crippen molar-refractivity contribution in [2.24, 2.45) is 4.36 Å². The third-order valence-electron chi connectivity index (χ3n) is 6.03. The van der Waals surface area contributed by atoms with Crippen molar-refractivity contribution in [3.63, 3.8) is 0 Å². The predicted octanol–water partition coefficient (Wildman–Crippen LogP) is 5.81. The van der Waals surface area contributed by atoms with E-state index in [9.17, 15) is 13.4 Å². The smallest absolute Gasteiger partial charge is 0.410 e. The number of rotatable bonds is 5. The molecule has 1 saturated heterocycles. The van der Waals surface area contributed by atoms with Crippen molar-refractivity contribution in [1.29, 1.82) is 0 Å². The number of hydrogen-bond donors (Lipinski definition) is 0. The Labute approximate surface area is 223 Å². The first-order chi connectivity index (χ1) is 17.8. The molecule has 0 radical (unpaired) electrons. The van der Waals surface area contributed by atoms with Crippen LogP contribution in [0.2, 0.25) is 0 Å². The van der Waals surface area contributed by atoms with E-state index in [1.54, 1.807) is 29.5 Å². The molecule has 2 heterocycles. The lowest BCUT2D eigenvalue weighted by atomic mass is 10.0. The molecule has 0 spiro atoms. The largest absolute Gasteiger partial charge is 0.488 e. The van der Waals surface area contributed by atoms with Crippen LogP contribution in [-0.2, 0) is 20.9 Å². The van der Waals surface area contributed by atoms with Crippen LogP contribution >= 0.6 is 0 Å². The number of halogens is 1. The Morgan fingerprint density at radius 1 is 1.21 bits per heavy atom. The first kappa shape index (κ1) is 27.8. The second-order valence-electron chi connectivity index (χ2n) is 11.0. The van der Waals surface area contributed by atoms with Gasteiger partial charge >= 0.3 is 6.09 Å². The summed E-state index contributed by atoms with van der Waals surface area (Å²) in [6.07, 6.45) is 5.91. The molecule has 1 amide bonds. The van der Waals surface area contributed by atoms with E-state index >= 15 is 0 Å². The Balaban J connectivity index is 1.60. The van der Waals surface area contributed by atoms with Crippen molar-refractivity contribution in [2.45, 2.75) is 58.7 Å². The van der Waals surface area contributed by atoms with Crippen molar-refractivity contribution >= 4 is 32.4 Å². The summed E-state index contributed by atoms with van der Waals surface area (Å²) in [7, 11) is -2.32. The van der Waals surface area contributed by atoms with E-state index in [4.69, 9.17) is 9.47 Å². The van der Waals surface area contributed by atoms with Crippen LogP contribution in [-0.4, -0.2) is 62.5 Å². The van der Waals surface area contributed by atoms with Crippen LogP contribution in [0.4, 0.5) is 14.9 Å². The minimum atomic E-state index is -2.32. The first-order valence-electron chi connectivity index (χ1n) is 12.6. The molecular weight excluding hydrogens is 507 g/mol. The summed E-state index contributed by atoms with van der Waals surface area (Å²) in [5.41, 5.74) is 3.17. The van der Waals surface area contributed by atoms with Gasteiger partial charge in [-0.15, -0.1) is 0 Å². The molecule has 3 aromatic rings. The number of amides is 1. The van der Waals surface area contributed by atoms with Gasteiger partial charge in [0, 0.05) is 52.2 Å². The lowest BCUT2D eigenvalue weighted by molar-refractivity contribution is 0.00763. The predicted molar refractivity (Wildman–Crippen MR) is 147 cm³/mol. The molecule has 10 heteroatoms. The van der Waals surface area contributed by atoms with E-state index in [0.29, 0.717) is 36.5 Å². The highest BCUT2D eigenvalue weighted by Crippen LogP contribution is 2.31. The first-order valence-corrected chi connectivity index (χ1v) is 14.9. The number of likely N-dealkylation sites (tertiary alicyclic amines) is 1. The van der Waals surface area contributed by atoms with Gasteiger partial charge in [0.25, 0.3) is 0 Å². The van der Waals surface area contributed by atoms with Crippen LogP contribution in [0.5, 0.6) is 5.75 Å². The number of aromatic nitrogens is 2. The molecule has 4 rings (SSSR count). The Bertz CT molecular complexity index is 1470. The monoisotopic (exact) mass is 542 g/mol. The quantitative estimate of drug-likeness (QED) is 0.404. The highest BCUT2D eigenvalue weighted by atomic mass is 32.2. The third kappa shape index (κ3) is 7.18. The summed E-state index contributed by atoms with van der Waals surface area (Å²) in [5, 5.41) is 0.870. The fourth-order valence-electron chi connectivity index (χ4n) is 4.56. The molecule has 1 aromatic heterocycles. The van der Waals surface area contributed by atoms with Gasteiger partial charge in [0.15, 0.2) is 0 Å². The van der Waals surface area contributed by atoms with Gasteiger partial charge in [-0.3, -0.25) is 0 Å². The van der Waals surface area contributed by atoms with Crippen LogP contribution < -0.4 is 4.74 Å². The van der Waals surface area contributed by atoms with Crippen molar-refractivity contribution in [3.8, 4) is 5.75 Å². The topological polar surface area (TPSA) is 94.0 Å². The van der Waals surface area contributed by atoms with Gasteiger partial charge in [0.05, 0.1) is 23.4 Å². The Kier molecular flexibility index (Phi) is 7.92. The maximum Gasteiger partial charge on any atom is 0.410 e. The number of carbonyl (C=O) groups excluding carboxylic acids is 1. The Morgan fingerprint density at radius 2 is 1.97 bits per heavy atom. The van der Waals surface area contributed by atoms with E-state index in [-0.39, 0.29) is 12.2 Å². The molecule has 1 fully saturated rings. The second kappa shape index (κ2) is 10.8. The number of hydrogen-bond acceptors (Lipinski definition) is 7.